The number of carbonyl (C=O) groups excluding carboxylic acids is 1. The molecule has 0 saturated carbocycles. The van der Waals surface area contributed by atoms with Gasteiger partial charge in [0.25, 0.3) is 5.91 Å². The number of methoxy groups -OCH3 is 1. The average Bonchev–Trinajstić information content (AvgIpc) is 3.16. The van der Waals surface area contributed by atoms with Gasteiger partial charge in [-0.15, -0.1) is 11.3 Å². The molecule has 0 bridgehead atoms. The van der Waals surface area contributed by atoms with E-state index in [2.05, 4.69) is 10.3 Å². The molecule has 1 amide bonds. The summed E-state index contributed by atoms with van der Waals surface area (Å²) in [6, 6.07) is 15.5. The summed E-state index contributed by atoms with van der Waals surface area (Å²) in [5, 5.41) is 5.82. The second-order valence-electron chi connectivity index (χ2n) is 6.08. The fourth-order valence-corrected chi connectivity index (χ4v) is 3.33. The van der Waals surface area contributed by atoms with Crippen molar-refractivity contribution < 1.29 is 14.3 Å². The number of rotatable bonds is 8. The Balaban J connectivity index is 1.44. The van der Waals surface area contributed by atoms with Crippen molar-refractivity contribution in [1.82, 2.24) is 10.3 Å². The fourth-order valence-electron chi connectivity index (χ4n) is 2.47. The number of amides is 1. The number of nitrogens with one attached hydrogen (secondary N) is 1. The van der Waals surface area contributed by atoms with Crippen molar-refractivity contribution in [3.63, 3.8) is 0 Å². The Morgan fingerprint density at radius 2 is 1.96 bits per heavy atom. The minimum absolute atomic E-state index is 0.00911. The van der Waals surface area contributed by atoms with E-state index < -0.39 is 0 Å². The summed E-state index contributed by atoms with van der Waals surface area (Å²) in [5.41, 5.74) is 3.14. The molecule has 1 heterocycles. The lowest BCUT2D eigenvalue weighted by molar-refractivity contribution is -0.123. The van der Waals surface area contributed by atoms with E-state index in [1.807, 2.05) is 60.8 Å². The molecule has 140 valence electrons. The van der Waals surface area contributed by atoms with Crippen LogP contribution in [-0.4, -0.2) is 31.2 Å². The molecule has 6 heteroatoms. The van der Waals surface area contributed by atoms with Crippen molar-refractivity contribution in [2.24, 2.45) is 0 Å². The van der Waals surface area contributed by atoms with E-state index in [0.29, 0.717) is 18.7 Å². The Bertz CT molecular complexity index is 890. The van der Waals surface area contributed by atoms with Crippen molar-refractivity contribution in [2.45, 2.75) is 13.3 Å². The lowest BCUT2D eigenvalue weighted by Gasteiger charge is -2.07. The van der Waals surface area contributed by atoms with Gasteiger partial charge in [-0.25, -0.2) is 4.98 Å². The normalized spacial score (nSPS) is 10.4. The molecule has 0 atom stereocenters. The van der Waals surface area contributed by atoms with Crippen LogP contribution < -0.4 is 14.8 Å². The van der Waals surface area contributed by atoms with Crippen molar-refractivity contribution in [3.8, 4) is 22.1 Å². The van der Waals surface area contributed by atoms with Crippen LogP contribution in [-0.2, 0) is 11.2 Å². The van der Waals surface area contributed by atoms with Crippen molar-refractivity contribution >= 4 is 17.2 Å². The highest BCUT2D eigenvalue weighted by atomic mass is 32.1. The van der Waals surface area contributed by atoms with E-state index in [4.69, 9.17) is 9.47 Å². The summed E-state index contributed by atoms with van der Waals surface area (Å²) in [4.78, 5) is 16.5. The van der Waals surface area contributed by atoms with Crippen LogP contribution in [0.3, 0.4) is 0 Å². The van der Waals surface area contributed by atoms with Crippen molar-refractivity contribution in [1.29, 1.82) is 0 Å². The number of benzene rings is 2. The topological polar surface area (TPSA) is 60.5 Å². The molecule has 0 spiro atoms. The lowest BCUT2D eigenvalue weighted by Crippen LogP contribution is -2.30. The number of aromatic nitrogens is 1. The lowest BCUT2D eigenvalue weighted by atomic mass is 10.2. The van der Waals surface area contributed by atoms with E-state index in [-0.39, 0.29) is 12.5 Å². The highest BCUT2D eigenvalue weighted by Gasteiger charge is 2.07. The molecule has 27 heavy (non-hydrogen) atoms. The third-order valence-electron chi connectivity index (χ3n) is 3.96. The number of hydrogen-bond acceptors (Lipinski definition) is 5. The molecule has 1 N–H and O–H groups in total. The maximum atomic E-state index is 11.9. The number of aryl methyl sites for hydroxylation is 1. The van der Waals surface area contributed by atoms with Crippen LogP contribution in [0, 0.1) is 6.92 Å². The summed E-state index contributed by atoms with van der Waals surface area (Å²) < 4.78 is 10.7. The van der Waals surface area contributed by atoms with Gasteiger partial charge in [0.15, 0.2) is 6.61 Å². The molecule has 3 aromatic rings. The first kappa shape index (κ1) is 18.9. The van der Waals surface area contributed by atoms with Crippen LogP contribution in [0.25, 0.3) is 10.6 Å². The van der Waals surface area contributed by atoms with Gasteiger partial charge in [0.05, 0.1) is 12.8 Å². The van der Waals surface area contributed by atoms with E-state index in [0.717, 1.165) is 27.6 Å². The van der Waals surface area contributed by atoms with Crippen LogP contribution in [0.4, 0.5) is 0 Å². The largest absolute Gasteiger partial charge is 0.497 e. The van der Waals surface area contributed by atoms with Crippen LogP contribution in [0.15, 0.2) is 53.9 Å². The zero-order valence-corrected chi connectivity index (χ0v) is 16.2. The van der Waals surface area contributed by atoms with E-state index in [9.17, 15) is 4.79 Å². The van der Waals surface area contributed by atoms with Gasteiger partial charge in [0, 0.05) is 23.9 Å². The molecule has 0 radical (unpaired) electrons. The maximum absolute atomic E-state index is 11.9. The number of hydrogen-bond donors (Lipinski definition) is 1. The third kappa shape index (κ3) is 5.56. The average molecular weight is 382 g/mol. The molecule has 0 saturated heterocycles. The smallest absolute Gasteiger partial charge is 0.257 e. The highest BCUT2D eigenvalue weighted by Crippen LogP contribution is 2.26. The van der Waals surface area contributed by atoms with Crippen LogP contribution in [0.2, 0.25) is 0 Å². The Hall–Kier alpha value is -2.86. The first-order valence-electron chi connectivity index (χ1n) is 8.69. The van der Waals surface area contributed by atoms with Gasteiger partial charge >= 0.3 is 0 Å². The monoisotopic (exact) mass is 382 g/mol. The van der Waals surface area contributed by atoms with E-state index in [1.165, 1.54) is 0 Å². The summed E-state index contributed by atoms with van der Waals surface area (Å²) in [6.45, 7) is 2.54. The second kappa shape index (κ2) is 9.19. The Kier molecular flexibility index (Phi) is 6.44. The van der Waals surface area contributed by atoms with Gasteiger partial charge in [-0.05, 0) is 31.2 Å². The summed E-state index contributed by atoms with van der Waals surface area (Å²) in [6.07, 6.45) is 0.677. The van der Waals surface area contributed by atoms with Gasteiger partial charge in [-0.3, -0.25) is 4.79 Å². The fraction of sp³-hybridized carbons (Fsp3) is 0.238. The number of carbonyl (C=O) groups is 1. The Morgan fingerprint density at radius 1 is 1.15 bits per heavy atom. The minimum Gasteiger partial charge on any atom is -0.497 e. The molecule has 0 aliphatic carbocycles. The quantitative estimate of drug-likeness (QED) is 0.643. The molecular weight excluding hydrogens is 360 g/mol. The Morgan fingerprint density at radius 3 is 2.74 bits per heavy atom. The van der Waals surface area contributed by atoms with Gasteiger partial charge in [-0.2, -0.15) is 0 Å². The third-order valence-corrected chi connectivity index (χ3v) is 4.90. The molecule has 0 unspecified atom stereocenters. The number of ether oxygens (including phenoxy) is 2. The van der Waals surface area contributed by atoms with Crippen LogP contribution in [0.5, 0.6) is 11.5 Å². The summed E-state index contributed by atoms with van der Waals surface area (Å²) in [5.74, 6) is 1.36. The summed E-state index contributed by atoms with van der Waals surface area (Å²) >= 11 is 1.59. The zero-order chi connectivity index (χ0) is 19.1. The number of nitrogens with zero attached hydrogens (tertiary/aromatic N) is 1. The van der Waals surface area contributed by atoms with Gasteiger partial charge in [0.2, 0.25) is 0 Å². The molecule has 5 nitrogen and oxygen atoms in total. The van der Waals surface area contributed by atoms with Crippen LogP contribution >= 0.6 is 11.3 Å². The first-order chi connectivity index (χ1) is 13.1. The number of thiazole rings is 1. The SMILES string of the molecule is COc1cccc(-c2nc(CCNC(=O)COc3ccc(C)cc3)cs2)c1. The Labute approximate surface area is 163 Å². The molecule has 3 rings (SSSR count). The van der Waals surface area contributed by atoms with Gasteiger partial charge < -0.3 is 14.8 Å². The van der Waals surface area contributed by atoms with Crippen molar-refractivity contribution in [3.05, 3.63) is 65.2 Å². The summed E-state index contributed by atoms with van der Waals surface area (Å²) in [7, 11) is 1.65. The molecule has 2 aromatic carbocycles. The van der Waals surface area contributed by atoms with E-state index >= 15 is 0 Å². The molecule has 0 aliphatic rings. The van der Waals surface area contributed by atoms with E-state index in [1.54, 1.807) is 18.4 Å². The molecule has 0 fully saturated rings. The molecule has 0 aliphatic heterocycles. The standard InChI is InChI=1S/C21H22N2O3S/c1-15-6-8-18(9-7-15)26-13-20(24)22-11-10-17-14-27-21(23-17)16-4-3-5-19(12-16)25-2/h3-9,12,14H,10-11,13H2,1-2H3,(H,22,24). The van der Waals surface area contributed by atoms with Crippen molar-refractivity contribution in [2.75, 3.05) is 20.3 Å². The highest BCUT2D eigenvalue weighted by molar-refractivity contribution is 7.13. The maximum Gasteiger partial charge on any atom is 0.257 e. The van der Waals surface area contributed by atoms with Gasteiger partial charge in [-0.1, -0.05) is 29.8 Å². The van der Waals surface area contributed by atoms with Crippen LogP contribution in [0.1, 0.15) is 11.3 Å². The van der Waals surface area contributed by atoms with Gasteiger partial charge in [0.1, 0.15) is 16.5 Å². The predicted molar refractivity (Wildman–Crippen MR) is 107 cm³/mol. The molecular formula is C21H22N2O3S. The molecule has 1 aromatic heterocycles. The second-order valence-corrected chi connectivity index (χ2v) is 6.94. The zero-order valence-electron chi connectivity index (χ0n) is 15.4. The predicted octanol–water partition coefficient (Wildman–Crippen LogP) is 3.86. The first-order valence-corrected chi connectivity index (χ1v) is 9.57. The minimum atomic E-state index is -0.140.